The molecule has 0 bridgehead atoms. The molecule has 0 aliphatic carbocycles. The lowest BCUT2D eigenvalue weighted by atomic mass is 10.1. The van der Waals surface area contributed by atoms with Gasteiger partial charge in [-0.05, 0) is 25.7 Å². The summed E-state index contributed by atoms with van der Waals surface area (Å²) in [6, 6.07) is 0. The van der Waals surface area contributed by atoms with E-state index in [2.05, 4.69) is 85.1 Å². The van der Waals surface area contributed by atoms with Crippen LogP contribution in [0.15, 0.2) is 24.8 Å². The molecule has 40 heavy (non-hydrogen) atoms. The zero-order valence-corrected chi connectivity index (χ0v) is 27.3. The quantitative estimate of drug-likeness (QED) is 0.154. The van der Waals surface area contributed by atoms with E-state index in [1.165, 1.54) is 88.7 Å². The Morgan fingerprint density at radius 1 is 0.600 bits per heavy atom. The third kappa shape index (κ3) is 20.2. The highest BCUT2D eigenvalue weighted by molar-refractivity contribution is 7.86. The molecule has 2 heterocycles. The molecule has 0 N–H and O–H groups in total. The standard InChI is InChI=1S/2C12H23N2.C4H10O6S2/c2*1-4-5-6-7-8-9-12-13(2)10-11-14(12)3;5-11(6,7)3-1-2-4-12(8,9)10/h2*10-11H,4-9H2,1-3H3;1-4H2,(H,5,6,7)(H,8,9,10)/q2*+1;/p-2. The minimum absolute atomic E-state index is 0.0900. The zero-order valence-electron chi connectivity index (χ0n) is 25.7. The summed E-state index contributed by atoms with van der Waals surface area (Å²) in [6.07, 6.45) is 24.4. The topological polar surface area (TPSA) is 132 Å². The molecular formula is C28H54N4O6S2. The fourth-order valence-electron chi connectivity index (χ4n) is 4.28. The monoisotopic (exact) mass is 606 g/mol. The Hall–Kier alpha value is -1.76. The van der Waals surface area contributed by atoms with E-state index in [0.717, 1.165) is 0 Å². The Kier molecular flexibility index (Phi) is 20.1. The minimum atomic E-state index is -4.29. The van der Waals surface area contributed by atoms with Crippen LogP contribution in [0, 0.1) is 0 Å². The van der Waals surface area contributed by atoms with E-state index in [1.54, 1.807) is 0 Å². The summed E-state index contributed by atoms with van der Waals surface area (Å²) in [5.41, 5.74) is 0. The van der Waals surface area contributed by atoms with Crippen molar-refractivity contribution in [2.45, 2.75) is 104 Å². The Morgan fingerprint density at radius 3 is 1.18 bits per heavy atom. The number of imidazole rings is 2. The van der Waals surface area contributed by atoms with Crippen LogP contribution in [-0.2, 0) is 61.3 Å². The van der Waals surface area contributed by atoms with E-state index in [-0.39, 0.29) is 12.8 Å². The Bertz CT molecular complexity index is 1010. The molecule has 0 aliphatic heterocycles. The normalized spacial score (nSPS) is 11.5. The number of hydrogen-bond donors (Lipinski definition) is 0. The molecule has 0 aliphatic rings. The van der Waals surface area contributed by atoms with Gasteiger partial charge in [-0.3, -0.25) is 0 Å². The second-order valence-electron chi connectivity index (χ2n) is 10.4. The predicted molar refractivity (Wildman–Crippen MR) is 156 cm³/mol. The van der Waals surface area contributed by atoms with Crippen LogP contribution in [0.2, 0.25) is 0 Å². The van der Waals surface area contributed by atoms with Crippen LogP contribution in [0.3, 0.4) is 0 Å². The number of aryl methyl sites for hydroxylation is 4. The average molecular weight is 607 g/mol. The lowest BCUT2D eigenvalue weighted by molar-refractivity contribution is -0.678. The molecule has 0 saturated carbocycles. The molecule has 0 radical (unpaired) electrons. The molecule has 0 aromatic carbocycles. The van der Waals surface area contributed by atoms with Crippen molar-refractivity contribution in [1.82, 2.24) is 9.13 Å². The summed E-state index contributed by atoms with van der Waals surface area (Å²) in [7, 11) is -0.0720. The maximum absolute atomic E-state index is 9.97. The van der Waals surface area contributed by atoms with E-state index in [0.29, 0.717) is 0 Å². The maximum atomic E-state index is 9.97. The largest absolute Gasteiger partial charge is 0.748 e. The van der Waals surface area contributed by atoms with Crippen molar-refractivity contribution in [2.24, 2.45) is 28.2 Å². The molecule has 12 heteroatoms. The first kappa shape index (κ1) is 38.2. The van der Waals surface area contributed by atoms with Gasteiger partial charge in [0.15, 0.2) is 0 Å². The molecule has 0 unspecified atom stereocenters. The summed E-state index contributed by atoms with van der Waals surface area (Å²) < 4.78 is 68.7. The van der Waals surface area contributed by atoms with Gasteiger partial charge in [-0.1, -0.05) is 65.2 Å². The molecule has 2 aromatic rings. The maximum Gasteiger partial charge on any atom is 0.255 e. The van der Waals surface area contributed by atoms with E-state index >= 15 is 0 Å². The molecule has 0 fully saturated rings. The van der Waals surface area contributed by atoms with Gasteiger partial charge in [0.1, 0.15) is 24.8 Å². The van der Waals surface area contributed by atoms with Crippen molar-refractivity contribution in [2.75, 3.05) is 11.5 Å². The van der Waals surface area contributed by atoms with Crippen LogP contribution < -0.4 is 9.13 Å². The van der Waals surface area contributed by atoms with Gasteiger partial charge in [-0.2, -0.15) is 0 Å². The van der Waals surface area contributed by atoms with Gasteiger partial charge in [0.2, 0.25) is 0 Å². The van der Waals surface area contributed by atoms with Gasteiger partial charge in [0, 0.05) is 24.3 Å². The first-order valence-electron chi connectivity index (χ1n) is 14.6. The van der Waals surface area contributed by atoms with Crippen molar-refractivity contribution < 1.29 is 35.1 Å². The highest BCUT2D eigenvalue weighted by Gasteiger charge is 2.10. The fraction of sp³-hybridized carbons (Fsp3) is 0.786. The Labute approximate surface area is 243 Å². The molecule has 2 aromatic heterocycles. The highest BCUT2D eigenvalue weighted by Crippen LogP contribution is 2.07. The summed E-state index contributed by atoms with van der Waals surface area (Å²) in [5, 5.41) is 0. The smallest absolute Gasteiger partial charge is 0.255 e. The molecule has 0 saturated heterocycles. The number of unbranched alkanes of at least 4 members (excludes halogenated alkanes) is 9. The van der Waals surface area contributed by atoms with Crippen molar-refractivity contribution >= 4 is 20.2 Å². The predicted octanol–water partition coefficient (Wildman–Crippen LogP) is 3.58. The second-order valence-corrected chi connectivity index (χ2v) is 13.5. The van der Waals surface area contributed by atoms with Crippen LogP contribution in [0.1, 0.15) is 103 Å². The van der Waals surface area contributed by atoms with Gasteiger partial charge >= 0.3 is 0 Å². The Balaban J connectivity index is 0.000000573. The summed E-state index contributed by atoms with van der Waals surface area (Å²) >= 11 is 0. The summed E-state index contributed by atoms with van der Waals surface area (Å²) in [5.74, 6) is 1.62. The van der Waals surface area contributed by atoms with Crippen molar-refractivity contribution in [1.29, 1.82) is 0 Å². The van der Waals surface area contributed by atoms with E-state index in [1.807, 2.05) is 0 Å². The highest BCUT2D eigenvalue weighted by atomic mass is 32.2. The molecule has 10 nitrogen and oxygen atoms in total. The first-order valence-corrected chi connectivity index (χ1v) is 17.7. The van der Waals surface area contributed by atoms with E-state index in [9.17, 15) is 25.9 Å². The Morgan fingerprint density at radius 2 is 0.925 bits per heavy atom. The van der Waals surface area contributed by atoms with Crippen molar-refractivity contribution in [3.63, 3.8) is 0 Å². The summed E-state index contributed by atoms with van der Waals surface area (Å²) in [6.45, 7) is 4.52. The van der Waals surface area contributed by atoms with E-state index < -0.39 is 31.7 Å². The molecule has 0 amide bonds. The SMILES string of the molecule is CCCCCCCc1n(C)cc[n+]1C.CCCCCCCc1n(C)cc[n+]1C.O=S(=O)([O-])CCCCS(=O)(=O)[O-]. The van der Waals surface area contributed by atoms with Gasteiger partial charge < -0.3 is 9.11 Å². The van der Waals surface area contributed by atoms with Crippen molar-refractivity contribution in [3.8, 4) is 0 Å². The number of aromatic nitrogens is 4. The second kappa shape index (κ2) is 21.0. The van der Waals surface area contributed by atoms with E-state index in [4.69, 9.17) is 0 Å². The lowest BCUT2D eigenvalue weighted by Gasteiger charge is -2.07. The van der Waals surface area contributed by atoms with Crippen molar-refractivity contribution in [3.05, 3.63) is 36.4 Å². The molecule has 2 rings (SSSR count). The minimum Gasteiger partial charge on any atom is -0.748 e. The third-order valence-electron chi connectivity index (χ3n) is 6.70. The van der Waals surface area contributed by atoms with Crippen LogP contribution >= 0.6 is 0 Å². The number of hydrogen-bond acceptors (Lipinski definition) is 6. The zero-order chi connectivity index (χ0) is 30.6. The van der Waals surface area contributed by atoms with Crippen LogP contribution in [0.25, 0.3) is 0 Å². The van der Waals surface area contributed by atoms with Crippen LogP contribution in [-0.4, -0.2) is 46.6 Å². The van der Waals surface area contributed by atoms with Gasteiger partial charge in [-0.15, -0.1) is 0 Å². The van der Waals surface area contributed by atoms with Gasteiger partial charge in [0.05, 0.1) is 48.4 Å². The third-order valence-corrected chi connectivity index (χ3v) is 8.28. The number of rotatable bonds is 17. The van der Waals surface area contributed by atoms with Crippen LogP contribution in [0.5, 0.6) is 0 Å². The van der Waals surface area contributed by atoms with Crippen LogP contribution in [0.4, 0.5) is 0 Å². The number of nitrogens with zero attached hydrogens (tertiary/aromatic N) is 4. The molecule has 234 valence electrons. The molecule has 0 atom stereocenters. The lowest BCUT2D eigenvalue weighted by Crippen LogP contribution is -2.31. The van der Waals surface area contributed by atoms with Gasteiger partial charge in [0.25, 0.3) is 11.6 Å². The summed E-state index contributed by atoms with van der Waals surface area (Å²) in [4.78, 5) is 0. The fourth-order valence-corrected chi connectivity index (χ4v) is 5.39. The van der Waals surface area contributed by atoms with Gasteiger partial charge in [-0.25, -0.2) is 35.1 Å². The molecule has 0 spiro atoms. The molecular weight excluding hydrogens is 552 g/mol. The first-order chi connectivity index (χ1) is 18.7. The average Bonchev–Trinajstić information content (AvgIpc) is 3.36.